The van der Waals surface area contributed by atoms with Gasteiger partial charge < -0.3 is 9.80 Å². The van der Waals surface area contributed by atoms with E-state index in [-0.39, 0.29) is 17.4 Å². The molecule has 2 heteroatoms. The van der Waals surface area contributed by atoms with Gasteiger partial charge in [0.1, 0.15) is 0 Å². The first-order valence-electron chi connectivity index (χ1n) is 15.3. The molecule has 2 nitrogen and oxygen atoms in total. The molecule has 0 fully saturated rings. The van der Waals surface area contributed by atoms with Crippen molar-refractivity contribution in [1.82, 2.24) is 0 Å². The summed E-state index contributed by atoms with van der Waals surface area (Å²) in [6.07, 6.45) is 9.61. The van der Waals surface area contributed by atoms with E-state index in [4.69, 9.17) is 0 Å². The van der Waals surface area contributed by atoms with Crippen LogP contribution in [0, 0.1) is 5.92 Å². The lowest BCUT2D eigenvalue weighted by Crippen LogP contribution is -2.37. The Kier molecular flexibility index (Phi) is 5.11. The second-order valence-corrected chi connectivity index (χ2v) is 12.5. The minimum absolute atomic E-state index is 0.0759. The van der Waals surface area contributed by atoms with Crippen LogP contribution in [0.1, 0.15) is 30.5 Å². The monoisotopic (exact) mass is 552 g/mol. The van der Waals surface area contributed by atoms with Crippen molar-refractivity contribution in [3.05, 3.63) is 168 Å². The molecule has 0 saturated heterocycles. The number of hydrogen-bond donors (Lipinski definition) is 0. The smallest absolute Gasteiger partial charge is 0.0638 e. The third-order valence-electron chi connectivity index (χ3n) is 9.94. The Labute approximate surface area is 253 Å². The predicted octanol–water partition coefficient (Wildman–Crippen LogP) is 10.1. The first-order chi connectivity index (χ1) is 21.1. The van der Waals surface area contributed by atoms with E-state index in [1.807, 2.05) is 0 Å². The number of nitrogens with zero attached hydrogens (tertiary/aromatic N) is 2. The number of hydrogen-bond acceptors (Lipinski definition) is 2. The highest BCUT2D eigenvalue weighted by Gasteiger charge is 2.43. The van der Waals surface area contributed by atoms with E-state index in [0.717, 1.165) is 0 Å². The van der Waals surface area contributed by atoms with Crippen LogP contribution in [-0.4, -0.2) is 6.04 Å². The molecule has 2 aliphatic carbocycles. The summed E-state index contributed by atoms with van der Waals surface area (Å²) in [4.78, 5) is 5.05. The van der Waals surface area contributed by atoms with Crippen LogP contribution in [0.2, 0.25) is 0 Å². The van der Waals surface area contributed by atoms with Gasteiger partial charge in [-0.25, -0.2) is 0 Å². The Morgan fingerprint density at radius 3 is 2.05 bits per heavy atom. The summed E-state index contributed by atoms with van der Waals surface area (Å²) in [5.41, 5.74) is 15.7. The molecular formula is C41H32N2. The number of anilines is 3. The van der Waals surface area contributed by atoms with Crippen LogP contribution in [-0.2, 0) is 5.41 Å². The quantitative estimate of drug-likeness (QED) is 0.215. The maximum absolute atomic E-state index is 2.53. The Morgan fingerprint density at radius 2 is 1.21 bits per heavy atom. The second kappa shape index (κ2) is 8.96. The molecule has 0 aromatic heterocycles. The molecule has 0 N–H and O–H groups in total. The van der Waals surface area contributed by atoms with E-state index < -0.39 is 0 Å². The van der Waals surface area contributed by atoms with Crippen molar-refractivity contribution in [1.29, 1.82) is 0 Å². The molecule has 0 radical (unpaired) electrons. The van der Waals surface area contributed by atoms with Crippen LogP contribution in [0.3, 0.4) is 0 Å². The largest absolute Gasteiger partial charge is 0.340 e. The fourth-order valence-corrected chi connectivity index (χ4v) is 8.10. The summed E-state index contributed by atoms with van der Waals surface area (Å²) in [6, 6.07) is 44.6. The Hall–Kier alpha value is -5.08. The predicted molar refractivity (Wildman–Crippen MR) is 179 cm³/mol. The summed E-state index contributed by atoms with van der Waals surface area (Å²) in [6.45, 7) is 4.76. The molecule has 5 aromatic rings. The summed E-state index contributed by atoms with van der Waals surface area (Å²) in [7, 11) is 0. The SMILES string of the molecule is CC1(C)c2ccccc2-c2cccc(N3C=CC4C5=C(C=CC43)c3ccccc3-c3ccccc3N5c3ccccc3)c21. The topological polar surface area (TPSA) is 6.48 Å². The minimum atomic E-state index is -0.0759. The van der Waals surface area contributed by atoms with Gasteiger partial charge in [-0.05, 0) is 57.6 Å². The first-order valence-corrected chi connectivity index (χ1v) is 15.3. The van der Waals surface area contributed by atoms with Crippen molar-refractivity contribution in [2.45, 2.75) is 25.3 Å². The van der Waals surface area contributed by atoms with E-state index in [1.54, 1.807) is 0 Å². The Morgan fingerprint density at radius 1 is 0.558 bits per heavy atom. The van der Waals surface area contributed by atoms with E-state index in [2.05, 4.69) is 169 Å². The molecule has 2 heterocycles. The van der Waals surface area contributed by atoms with Crippen molar-refractivity contribution >= 4 is 22.6 Å². The molecular weight excluding hydrogens is 520 g/mol. The zero-order valence-electron chi connectivity index (χ0n) is 24.4. The molecule has 2 atom stereocenters. The summed E-state index contributed by atoms with van der Waals surface area (Å²) in [5.74, 6) is 0.183. The van der Waals surface area contributed by atoms with Gasteiger partial charge in [0.05, 0.1) is 11.7 Å². The molecule has 4 aliphatic rings. The van der Waals surface area contributed by atoms with Gasteiger partial charge in [-0.15, -0.1) is 0 Å². The maximum atomic E-state index is 2.53. The van der Waals surface area contributed by atoms with Gasteiger partial charge in [-0.1, -0.05) is 129 Å². The number of fused-ring (bicyclic) bond motifs is 9. The highest BCUT2D eigenvalue weighted by atomic mass is 15.2. The van der Waals surface area contributed by atoms with Crippen molar-refractivity contribution < 1.29 is 0 Å². The van der Waals surface area contributed by atoms with E-state index in [1.165, 1.54) is 67.3 Å². The van der Waals surface area contributed by atoms with Gasteiger partial charge >= 0.3 is 0 Å². The van der Waals surface area contributed by atoms with Gasteiger partial charge in [0.2, 0.25) is 0 Å². The number of allylic oxidation sites excluding steroid dienone is 2. The lowest BCUT2D eigenvalue weighted by molar-refractivity contribution is 0.635. The Bertz CT molecular complexity index is 2030. The van der Waals surface area contributed by atoms with Gasteiger partial charge in [0, 0.05) is 45.7 Å². The average molecular weight is 553 g/mol. The molecule has 5 aromatic carbocycles. The molecule has 0 spiro atoms. The molecule has 0 saturated carbocycles. The molecule has 0 amide bonds. The summed E-state index contributed by atoms with van der Waals surface area (Å²) < 4.78 is 0. The average Bonchev–Trinajstić information content (AvgIpc) is 3.55. The van der Waals surface area contributed by atoms with Crippen molar-refractivity contribution in [2.75, 3.05) is 9.80 Å². The molecule has 0 bridgehead atoms. The van der Waals surface area contributed by atoms with Gasteiger partial charge in [0.15, 0.2) is 0 Å². The number of rotatable bonds is 2. The molecule has 43 heavy (non-hydrogen) atoms. The van der Waals surface area contributed by atoms with Gasteiger partial charge in [-0.3, -0.25) is 0 Å². The van der Waals surface area contributed by atoms with Gasteiger partial charge in [-0.2, -0.15) is 0 Å². The third-order valence-corrected chi connectivity index (χ3v) is 9.94. The zero-order valence-corrected chi connectivity index (χ0v) is 24.4. The van der Waals surface area contributed by atoms with Crippen LogP contribution in [0.15, 0.2) is 151 Å². The lowest BCUT2D eigenvalue weighted by Gasteiger charge is -2.39. The van der Waals surface area contributed by atoms with Crippen molar-refractivity contribution in [3.8, 4) is 22.3 Å². The van der Waals surface area contributed by atoms with E-state index in [0.29, 0.717) is 0 Å². The molecule has 2 unspecified atom stereocenters. The zero-order chi connectivity index (χ0) is 28.7. The second-order valence-electron chi connectivity index (χ2n) is 12.5. The fraction of sp³-hybridized carbons (Fsp3) is 0.122. The maximum Gasteiger partial charge on any atom is 0.0638 e. The van der Waals surface area contributed by atoms with Crippen molar-refractivity contribution in [2.24, 2.45) is 5.92 Å². The summed E-state index contributed by atoms with van der Waals surface area (Å²) >= 11 is 0. The summed E-state index contributed by atoms with van der Waals surface area (Å²) in [5, 5.41) is 0. The third kappa shape index (κ3) is 3.35. The van der Waals surface area contributed by atoms with Crippen LogP contribution in [0.4, 0.5) is 17.1 Å². The van der Waals surface area contributed by atoms with E-state index >= 15 is 0 Å². The first kappa shape index (κ1) is 24.5. The normalized spacial score (nSPS) is 20.1. The molecule has 206 valence electrons. The standard InChI is InChI=1S/C41H32N2/c1-41(2)35-20-10-8-17-30(35)32-19-12-22-38(39(32)41)42-26-25-34-36(42)24-23-33-29-16-7-6-15-28(29)31-18-9-11-21-37(31)43(40(33)34)27-13-4-3-5-14-27/h3-26,34,36H,1-2H3. The van der Waals surface area contributed by atoms with Crippen molar-refractivity contribution in [3.63, 3.8) is 0 Å². The van der Waals surface area contributed by atoms with E-state index in [9.17, 15) is 0 Å². The van der Waals surface area contributed by atoms with Crippen LogP contribution < -0.4 is 9.80 Å². The van der Waals surface area contributed by atoms with Crippen LogP contribution in [0.5, 0.6) is 0 Å². The minimum Gasteiger partial charge on any atom is -0.340 e. The molecule has 9 rings (SSSR count). The van der Waals surface area contributed by atoms with Gasteiger partial charge in [0.25, 0.3) is 0 Å². The highest BCUT2D eigenvalue weighted by molar-refractivity contribution is 5.99. The van der Waals surface area contributed by atoms with Crippen LogP contribution >= 0.6 is 0 Å². The lowest BCUT2D eigenvalue weighted by atomic mass is 9.80. The molecule has 2 aliphatic heterocycles. The Balaban J connectivity index is 1.24. The number of benzene rings is 5. The highest BCUT2D eigenvalue weighted by Crippen LogP contribution is 2.55. The van der Waals surface area contributed by atoms with Crippen LogP contribution in [0.25, 0.3) is 27.8 Å². The fourth-order valence-electron chi connectivity index (χ4n) is 8.10. The number of para-hydroxylation sites is 2.